The normalized spacial score (nSPS) is 11.7. The number of nitriles is 1. The van der Waals surface area contributed by atoms with Crippen LogP contribution in [-0.4, -0.2) is 20.5 Å². The van der Waals surface area contributed by atoms with E-state index in [9.17, 15) is 13.7 Å². The van der Waals surface area contributed by atoms with E-state index in [1.54, 1.807) is 54.6 Å². The fraction of sp³-hybridized carbons (Fsp3) is 0.0769. The van der Waals surface area contributed by atoms with Crippen molar-refractivity contribution in [2.75, 3.05) is 7.11 Å². The first-order valence-electron chi connectivity index (χ1n) is 10.2. The van der Waals surface area contributed by atoms with Gasteiger partial charge in [-0.25, -0.2) is 4.98 Å². The molecule has 1 aromatic heterocycles. The van der Waals surface area contributed by atoms with E-state index in [0.717, 1.165) is 0 Å². The van der Waals surface area contributed by atoms with E-state index in [4.69, 9.17) is 13.3 Å². The standard InChI is InChI=1S/C26H20N2O5S/c1-3-9-19-14-18(15-20(17-27)26-28-22-12-7-8-13-23(22)32-26)16-24(31-2)25(19)33-34(29,30)21-10-5-4-6-11-21/h3-8,10-16H,1,9H2,2H3/b20-15+. The second-order valence-electron chi connectivity index (χ2n) is 7.21. The fourth-order valence-electron chi connectivity index (χ4n) is 3.36. The lowest BCUT2D eigenvalue weighted by molar-refractivity contribution is 0.389. The smallest absolute Gasteiger partial charge is 0.339 e. The van der Waals surface area contributed by atoms with E-state index >= 15 is 0 Å². The van der Waals surface area contributed by atoms with Crippen molar-refractivity contribution in [1.29, 1.82) is 5.26 Å². The lowest BCUT2D eigenvalue weighted by Crippen LogP contribution is -2.12. The average Bonchev–Trinajstić information content (AvgIpc) is 3.28. The molecule has 8 heteroatoms. The van der Waals surface area contributed by atoms with Crippen LogP contribution >= 0.6 is 0 Å². The van der Waals surface area contributed by atoms with Crippen molar-refractivity contribution in [1.82, 2.24) is 4.98 Å². The van der Waals surface area contributed by atoms with Crippen LogP contribution in [0.2, 0.25) is 0 Å². The predicted molar refractivity (Wildman–Crippen MR) is 129 cm³/mol. The van der Waals surface area contributed by atoms with Gasteiger partial charge in [-0.3, -0.25) is 0 Å². The number of methoxy groups -OCH3 is 1. The van der Waals surface area contributed by atoms with Gasteiger partial charge in [-0.1, -0.05) is 36.4 Å². The zero-order valence-corrected chi connectivity index (χ0v) is 19.1. The Bertz CT molecular complexity index is 1500. The molecule has 34 heavy (non-hydrogen) atoms. The van der Waals surface area contributed by atoms with Gasteiger partial charge in [-0.15, -0.1) is 6.58 Å². The van der Waals surface area contributed by atoms with Crippen molar-refractivity contribution in [2.45, 2.75) is 11.3 Å². The van der Waals surface area contributed by atoms with Gasteiger partial charge in [0.05, 0.1) is 7.11 Å². The van der Waals surface area contributed by atoms with E-state index in [1.807, 2.05) is 12.1 Å². The maximum atomic E-state index is 12.8. The molecule has 4 rings (SSSR count). The predicted octanol–water partition coefficient (Wildman–Crippen LogP) is 5.40. The number of nitrogens with zero attached hydrogens (tertiary/aromatic N) is 2. The summed E-state index contributed by atoms with van der Waals surface area (Å²) in [6.07, 6.45) is 3.52. The van der Waals surface area contributed by atoms with Crippen LogP contribution in [0, 0.1) is 11.3 Å². The molecule has 0 N–H and O–H groups in total. The first-order chi connectivity index (χ1) is 16.4. The minimum Gasteiger partial charge on any atom is -0.493 e. The topological polar surface area (TPSA) is 102 Å². The minimum absolute atomic E-state index is 0.0216. The SMILES string of the molecule is C=CCc1cc(/C=C(\C#N)c2nc3ccccc3o2)cc(OC)c1OS(=O)(=O)c1ccccc1. The lowest BCUT2D eigenvalue weighted by Gasteiger charge is -2.15. The van der Waals surface area contributed by atoms with Crippen molar-refractivity contribution < 1.29 is 21.8 Å². The van der Waals surface area contributed by atoms with Crippen molar-refractivity contribution in [3.63, 3.8) is 0 Å². The number of allylic oxidation sites excluding steroid dienone is 2. The van der Waals surface area contributed by atoms with Gasteiger partial charge in [0, 0.05) is 5.56 Å². The van der Waals surface area contributed by atoms with E-state index in [-0.39, 0.29) is 27.9 Å². The number of hydrogen-bond donors (Lipinski definition) is 0. The van der Waals surface area contributed by atoms with Gasteiger partial charge in [0.25, 0.3) is 0 Å². The summed E-state index contributed by atoms with van der Waals surface area (Å²) in [5.41, 5.74) is 2.51. The van der Waals surface area contributed by atoms with Crippen LogP contribution in [-0.2, 0) is 16.5 Å². The zero-order chi connectivity index (χ0) is 24.1. The largest absolute Gasteiger partial charge is 0.493 e. The van der Waals surface area contributed by atoms with Gasteiger partial charge in [-0.2, -0.15) is 13.7 Å². The molecule has 0 amide bonds. The van der Waals surface area contributed by atoms with Gasteiger partial charge < -0.3 is 13.3 Å². The monoisotopic (exact) mass is 472 g/mol. The van der Waals surface area contributed by atoms with Crippen LogP contribution in [0.5, 0.6) is 11.5 Å². The van der Waals surface area contributed by atoms with Gasteiger partial charge in [0.15, 0.2) is 17.1 Å². The van der Waals surface area contributed by atoms with Crippen molar-refractivity contribution >= 4 is 32.9 Å². The molecule has 0 bridgehead atoms. The number of ether oxygens (including phenoxy) is 1. The molecule has 0 saturated carbocycles. The molecule has 0 aliphatic heterocycles. The Balaban J connectivity index is 1.78. The summed E-state index contributed by atoms with van der Waals surface area (Å²) in [6, 6.07) is 20.5. The Morgan fingerprint density at radius 3 is 2.56 bits per heavy atom. The first kappa shape index (κ1) is 22.8. The molecule has 0 radical (unpaired) electrons. The summed E-state index contributed by atoms with van der Waals surface area (Å²) in [7, 11) is -2.68. The van der Waals surface area contributed by atoms with E-state index < -0.39 is 10.1 Å². The quantitative estimate of drug-likeness (QED) is 0.192. The van der Waals surface area contributed by atoms with Gasteiger partial charge >= 0.3 is 10.1 Å². The summed E-state index contributed by atoms with van der Waals surface area (Å²) < 4.78 is 42.3. The molecule has 0 unspecified atom stereocenters. The number of oxazole rings is 1. The summed E-state index contributed by atoms with van der Waals surface area (Å²) in [5, 5.41) is 9.73. The Morgan fingerprint density at radius 1 is 1.15 bits per heavy atom. The van der Waals surface area contributed by atoms with Crippen molar-refractivity contribution in [3.05, 3.63) is 96.4 Å². The number of aromatic nitrogens is 1. The van der Waals surface area contributed by atoms with Gasteiger partial charge in [-0.05, 0) is 54.5 Å². The summed E-state index contributed by atoms with van der Waals surface area (Å²) in [4.78, 5) is 4.39. The molecular formula is C26H20N2O5S. The molecule has 0 saturated heterocycles. The Morgan fingerprint density at radius 2 is 1.88 bits per heavy atom. The van der Waals surface area contributed by atoms with Crippen LogP contribution < -0.4 is 8.92 Å². The molecule has 0 aliphatic rings. The summed E-state index contributed by atoms with van der Waals surface area (Å²) in [6.45, 7) is 3.75. The maximum Gasteiger partial charge on any atom is 0.339 e. The third-order valence-corrected chi connectivity index (χ3v) is 6.15. The Kier molecular flexibility index (Phi) is 6.48. The molecule has 1 heterocycles. The summed E-state index contributed by atoms with van der Waals surface area (Å²) >= 11 is 0. The van der Waals surface area contributed by atoms with Crippen molar-refractivity contribution in [2.24, 2.45) is 0 Å². The van der Waals surface area contributed by atoms with Gasteiger partial charge in [0.1, 0.15) is 22.1 Å². The lowest BCUT2D eigenvalue weighted by atomic mass is 10.0. The van der Waals surface area contributed by atoms with Crippen LogP contribution in [0.15, 0.2) is 88.7 Å². The van der Waals surface area contributed by atoms with E-state index in [1.165, 1.54) is 19.2 Å². The number of benzene rings is 3. The maximum absolute atomic E-state index is 12.8. The molecule has 3 aromatic carbocycles. The average molecular weight is 473 g/mol. The Labute approximate surface area is 197 Å². The van der Waals surface area contributed by atoms with Crippen LogP contribution in [0.4, 0.5) is 0 Å². The molecule has 7 nitrogen and oxygen atoms in total. The zero-order valence-electron chi connectivity index (χ0n) is 18.3. The van der Waals surface area contributed by atoms with Gasteiger partial charge in [0.2, 0.25) is 5.89 Å². The summed E-state index contributed by atoms with van der Waals surface area (Å²) in [5.74, 6) is 0.434. The molecule has 0 fully saturated rings. The highest BCUT2D eigenvalue weighted by Crippen LogP contribution is 2.37. The highest BCUT2D eigenvalue weighted by atomic mass is 32.2. The fourth-order valence-corrected chi connectivity index (χ4v) is 4.36. The number of para-hydroxylation sites is 2. The van der Waals surface area contributed by atoms with Crippen molar-refractivity contribution in [3.8, 4) is 17.6 Å². The number of rotatable bonds is 8. The molecule has 0 aliphatic carbocycles. The first-order valence-corrected chi connectivity index (χ1v) is 11.6. The third-order valence-electron chi connectivity index (χ3n) is 4.92. The third kappa shape index (κ3) is 4.70. The van der Waals surface area contributed by atoms with E-state index in [2.05, 4.69) is 17.6 Å². The molecule has 170 valence electrons. The van der Waals surface area contributed by atoms with Crippen LogP contribution in [0.3, 0.4) is 0 Å². The second-order valence-corrected chi connectivity index (χ2v) is 8.76. The minimum atomic E-state index is -4.09. The Hall–Kier alpha value is -4.35. The highest BCUT2D eigenvalue weighted by molar-refractivity contribution is 7.87. The second kappa shape index (κ2) is 9.65. The molecular weight excluding hydrogens is 452 g/mol. The molecule has 0 spiro atoms. The van der Waals surface area contributed by atoms with E-state index in [0.29, 0.717) is 28.6 Å². The number of hydrogen-bond acceptors (Lipinski definition) is 7. The molecule has 0 atom stereocenters. The van der Waals surface area contributed by atoms with Crippen LogP contribution in [0.1, 0.15) is 17.0 Å². The molecule has 4 aromatic rings. The van der Waals surface area contributed by atoms with Crippen LogP contribution in [0.25, 0.3) is 22.7 Å². The number of fused-ring (bicyclic) bond motifs is 1. The highest BCUT2D eigenvalue weighted by Gasteiger charge is 2.22.